The lowest BCUT2D eigenvalue weighted by Crippen LogP contribution is -2.44. The number of carbonyl (C=O) groups is 1. The summed E-state index contributed by atoms with van der Waals surface area (Å²) in [5.41, 5.74) is 6.11. The van der Waals surface area contributed by atoms with Gasteiger partial charge in [0.1, 0.15) is 0 Å². The molecule has 5 heteroatoms. The molecule has 1 saturated carbocycles. The topological polar surface area (TPSA) is 79.2 Å². The lowest BCUT2D eigenvalue weighted by Gasteiger charge is -2.35. The monoisotopic (exact) mass is 263 g/mol. The summed E-state index contributed by atoms with van der Waals surface area (Å²) in [6, 6.07) is 3.53. The predicted molar refractivity (Wildman–Crippen MR) is 74.0 cm³/mol. The largest absolute Gasteiger partial charge is 0.336 e. The fraction of sp³-hybridized carbons (Fsp3) is 0.571. The molecular weight excluding hydrogens is 242 g/mol. The molecule has 3 N–H and O–H groups in total. The molecule has 0 bridgehead atoms. The average molecular weight is 263 g/mol. The van der Waals surface area contributed by atoms with Crippen LogP contribution in [0.1, 0.15) is 43.0 Å². The van der Waals surface area contributed by atoms with Gasteiger partial charge in [0, 0.05) is 36.5 Å². The van der Waals surface area contributed by atoms with Crippen LogP contribution < -0.4 is 11.3 Å². The lowest BCUT2D eigenvalue weighted by atomic mass is 9.90. The van der Waals surface area contributed by atoms with E-state index in [1.54, 1.807) is 6.07 Å². The highest BCUT2D eigenvalue weighted by molar-refractivity contribution is 5.94. The average Bonchev–Trinajstić information content (AvgIpc) is 2.41. The van der Waals surface area contributed by atoms with Gasteiger partial charge in [0.05, 0.1) is 0 Å². The Labute approximate surface area is 112 Å². The molecule has 1 aliphatic rings. The van der Waals surface area contributed by atoms with Gasteiger partial charge in [-0.05, 0) is 38.7 Å². The van der Waals surface area contributed by atoms with Crippen molar-refractivity contribution < 1.29 is 4.79 Å². The third kappa shape index (κ3) is 3.23. The first kappa shape index (κ1) is 13.8. The van der Waals surface area contributed by atoms with Crippen LogP contribution in [-0.4, -0.2) is 34.4 Å². The molecule has 1 fully saturated rings. The van der Waals surface area contributed by atoms with Crippen LogP contribution in [0.15, 0.2) is 23.1 Å². The van der Waals surface area contributed by atoms with Gasteiger partial charge < -0.3 is 15.6 Å². The molecule has 1 aromatic rings. The summed E-state index contributed by atoms with van der Waals surface area (Å²) < 4.78 is 0. The van der Waals surface area contributed by atoms with Gasteiger partial charge in [-0.2, -0.15) is 0 Å². The summed E-state index contributed by atoms with van der Waals surface area (Å²) in [5.74, 6) is -0.0610. The summed E-state index contributed by atoms with van der Waals surface area (Å²) in [6.45, 7) is 2.63. The normalized spacial score (nSPS) is 23.1. The van der Waals surface area contributed by atoms with Gasteiger partial charge in [0.2, 0.25) is 5.56 Å². The minimum atomic E-state index is -0.243. The molecule has 19 heavy (non-hydrogen) atoms. The number of aromatic amines is 1. The van der Waals surface area contributed by atoms with E-state index in [-0.39, 0.29) is 23.6 Å². The zero-order valence-corrected chi connectivity index (χ0v) is 11.3. The van der Waals surface area contributed by atoms with Crippen molar-refractivity contribution in [2.45, 2.75) is 44.7 Å². The summed E-state index contributed by atoms with van der Waals surface area (Å²) in [6.07, 6.45) is 5.34. The van der Waals surface area contributed by atoms with E-state index in [4.69, 9.17) is 5.73 Å². The second kappa shape index (κ2) is 6.02. The Kier molecular flexibility index (Phi) is 4.37. The van der Waals surface area contributed by atoms with Gasteiger partial charge in [0.25, 0.3) is 5.91 Å². The van der Waals surface area contributed by atoms with Crippen molar-refractivity contribution in [1.82, 2.24) is 9.88 Å². The summed E-state index contributed by atoms with van der Waals surface area (Å²) >= 11 is 0. The van der Waals surface area contributed by atoms with Crippen LogP contribution >= 0.6 is 0 Å². The number of nitrogens with zero attached hydrogens (tertiary/aromatic N) is 1. The van der Waals surface area contributed by atoms with Crippen LogP contribution in [0.2, 0.25) is 0 Å². The number of H-pyrrole nitrogens is 1. The molecule has 1 aromatic heterocycles. The van der Waals surface area contributed by atoms with Gasteiger partial charge in [0.15, 0.2) is 0 Å². The molecule has 0 radical (unpaired) electrons. The van der Waals surface area contributed by atoms with Crippen LogP contribution in [-0.2, 0) is 0 Å². The zero-order chi connectivity index (χ0) is 13.8. The molecule has 2 rings (SSSR count). The molecule has 0 aliphatic heterocycles. The van der Waals surface area contributed by atoms with E-state index < -0.39 is 0 Å². The summed E-state index contributed by atoms with van der Waals surface area (Å²) in [4.78, 5) is 28.1. The van der Waals surface area contributed by atoms with Gasteiger partial charge in [-0.15, -0.1) is 0 Å². The number of aromatic nitrogens is 1. The summed E-state index contributed by atoms with van der Waals surface area (Å²) in [7, 11) is 0. The number of nitrogens with two attached hydrogens (primary N) is 1. The van der Waals surface area contributed by atoms with E-state index >= 15 is 0 Å². The van der Waals surface area contributed by atoms with Crippen molar-refractivity contribution in [2.75, 3.05) is 6.54 Å². The second-order valence-electron chi connectivity index (χ2n) is 5.10. The highest BCUT2D eigenvalue weighted by Gasteiger charge is 2.27. The number of pyridine rings is 1. The molecule has 0 saturated heterocycles. The number of hydrogen-bond donors (Lipinski definition) is 2. The van der Waals surface area contributed by atoms with Crippen LogP contribution in [0.4, 0.5) is 0 Å². The van der Waals surface area contributed by atoms with Crippen molar-refractivity contribution in [3.63, 3.8) is 0 Å². The molecule has 0 unspecified atom stereocenters. The van der Waals surface area contributed by atoms with Crippen LogP contribution in [0.5, 0.6) is 0 Å². The Balaban J connectivity index is 2.13. The number of carbonyl (C=O) groups excluding carboxylic acids is 1. The molecule has 0 aromatic carbocycles. The quantitative estimate of drug-likeness (QED) is 0.857. The van der Waals surface area contributed by atoms with Gasteiger partial charge in [-0.3, -0.25) is 9.59 Å². The molecule has 5 nitrogen and oxygen atoms in total. The Morgan fingerprint density at radius 2 is 2.11 bits per heavy atom. The number of hydrogen-bond acceptors (Lipinski definition) is 3. The van der Waals surface area contributed by atoms with E-state index in [0.717, 1.165) is 25.7 Å². The standard InChI is InChI=1S/C14H21N3O2/c1-2-17(12-5-3-11(15)4-6-12)14(19)10-7-8-16-13(18)9-10/h7-9,11-12H,2-6,15H2,1H3,(H,16,18). The van der Waals surface area contributed by atoms with E-state index in [9.17, 15) is 9.59 Å². The highest BCUT2D eigenvalue weighted by Crippen LogP contribution is 2.23. The maximum atomic E-state index is 12.5. The van der Waals surface area contributed by atoms with E-state index in [1.807, 2.05) is 11.8 Å². The highest BCUT2D eigenvalue weighted by atomic mass is 16.2. The van der Waals surface area contributed by atoms with Crippen LogP contribution in [0.3, 0.4) is 0 Å². The van der Waals surface area contributed by atoms with Crippen molar-refractivity contribution in [3.05, 3.63) is 34.2 Å². The minimum absolute atomic E-state index is 0.0610. The summed E-state index contributed by atoms with van der Waals surface area (Å²) in [5, 5.41) is 0. The fourth-order valence-corrected chi connectivity index (χ4v) is 2.72. The number of rotatable bonds is 3. The van der Waals surface area contributed by atoms with Gasteiger partial charge in [-0.1, -0.05) is 0 Å². The Bertz CT molecular complexity index is 489. The molecular formula is C14H21N3O2. The molecule has 104 valence electrons. The van der Waals surface area contributed by atoms with Gasteiger partial charge in [-0.25, -0.2) is 0 Å². The van der Waals surface area contributed by atoms with Crippen molar-refractivity contribution in [2.24, 2.45) is 5.73 Å². The smallest absolute Gasteiger partial charge is 0.254 e. The third-order valence-corrected chi connectivity index (χ3v) is 3.81. The first-order valence-corrected chi connectivity index (χ1v) is 6.87. The Morgan fingerprint density at radius 1 is 1.42 bits per heavy atom. The van der Waals surface area contributed by atoms with Crippen LogP contribution in [0.25, 0.3) is 0 Å². The molecule has 0 spiro atoms. The van der Waals surface area contributed by atoms with Crippen molar-refractivity contribution >= 4 is 5.91 Å². The van der Waals surface area contributed by atoms with E-state index in [0.29, 0.717) is 12.1 Å². The SMILES string of the molecule is CCN(C(=O)c1cc[nH]c(=O)c1)C1CCC(N)CC1. The fourth-order valence-electron chi connectivity index (χ4n) is 2.72. The number of nitrogens with one attached hydrogen (secondary N) is 1. The van der Waals surface area contributed by atoms with Crippen LogP contribution in [0, 0.1) is 0 Å². The first-order valence-electron chi connectivity index (χ1n) is 6.87. The molecule has 0 atom stereocenters. The van der Waals surface area contributed by atoms with Crippen molar-refractivity contribution in [3.8, 4) is 0 Å². The maximum Gasteiger partial charge on any atom is 0.254 e. The first-order chi connectivity index (χ1) is 9.11. The van der Waals surface area contributed by atoms with Crippen molar-refractivity contribution in [1.29, 1.82) is 0 Å². The minimum Gasteiger partial charge on any atom is -0.336 e. The molecule has 1 amide bonds. The van der Waals surface area contributed by atoms with E-state index in [2.05, 4.69) is 4.98 Å². The second-order valence-corrected chi connectivity index (χ2v) is 5.10. The van der Waals surface area contributed by atoms with Gasteiger partial charge >= 0.3 is 0 Å². The Morgan fingerprint density at radius 3 is 2.68 bits per heavy atom. The number of amides is 1. The Hall–Kier alpha value is -1.62. The lowest BCUT2D eigenvalue weighted by molar-refractivity contribution is 0.0640. The zero-order valence-electron chi connectivity index (χ0n) is 11.3. The molecule has 1 heterocycles. The predicted octanol–water partition coefficient (Wildman–Crippen LogP) is 1.11. The maximum absolute atomic E-state index is 12.5. The van der Waals surface area contributed by atoms with E-state index in [1.165, 1.54) is 12.3 Å². The third-order valence-electron chi connectivity index (χ3n) is 3.81. The molecule has 1 aliphatic carbocycles.